The van der Waals surface area contributed by atoms with Gasteiger partial charge in [0, 0.05) is 4.90 Å². The number of ether oxygens (including phenoxy) is 1. The fourth-order valence-corrected chi connectivity index (χ4v) is 3.80. The second-order valence-electron chi connectivity index (χ2n) is 5.90. The van der Waals surface area contributed by atoms with Crippen molar-refractivity contribution >= 4 is 17.7 Å². The Labute approximate surface area is 147 Å². The van der Waals surface area contributed by atoms with Crippen molar-refractivity contribution in [1.29, 1.82) is 0 Å². The van der Waals surface area contributed by atoms with Crippen molar-refractivity contribution in [2.45, 2.75) is 37.1 Å². The second kappa shape index (κ2) is 8.25. The van der Waals surface area contributed by atoms with Crippen LogP contribution >= 0.6 is 11.8 Å². The van der Waals surface area contributed by atoms with Crippen molar-refractivity contribution in [1.82, 2.24) is 5.32 Å². The quantitative estimate of drug-likeness (QED) is 0.793. The van der Waals surface area contributed by atoms with E-state index in [-0.39, 0.29) is 11.9 Å². The summed E-state index contributed by atoms with van der Waals surface area (Å²) < 4.78 is 5.43. The van der Waals surface area contributed by atoms with Crippen LogP contribution in [0.2, 0.25) is 0 Å². The lowest BCUT2D eigenvalue weighted by Crippen LogP contribution is -2.32. The maximum Gasteiger partial charge on any atom is 0.230 e. The predicted molar refractivity (Wildman–Crippen MR) is 98.6 cm³/mol. The Bertz CT molecular complexity index is 684. The van der Waals surface area contributed by atoms with Gasteiger partial charge in [-0.1, -0.05) is 24.3 Å². The van der Waals surface area contributed by atoms with E-state index >= 15 is 0 Å². The Morgan fingerprint density at radius 3 is 2.79 bits per heavy atom. The van der Waals surface area contributed by atoms with Gasteiger partial charge in [0.1, 0.15) is 5.75 Å². The minimum absolute atomic E-state index is 0.0931. The molecule has 1 N–H and O–H groups in total. The number of carbonyl (C=O) groups is 1. The molecule has 0 aromatic heterocycles. The first kappa shape index (κ1) is 16.9. The fourth-order valence-electron chi connectivity index (χ4n) is 3.09. The van der Waals surface area contributed by atoms with Gasteiger partial charge in [0.2, 0.25) is 5.91 Å². The van der Waals surface area contributed by atoms with Crippen LogP contribution in [-0.2, 0) is 11.2 Å². The number of nitrogens with one attached hydrogen (secondary N) is 1. The Morgan fingerprint density at radius 1 is 1.21 bits per heavy atom. The summed E-state index contributed by atoms with van der Waals surface area (Å²) in [4.78, 5) is 13.4. The molecule has 0 saturated carbocycles. The van der Waals surface area contributed by atoms with Crippen molar-refractivity contribution < 1.29 is 9.53 Å². The van der Waals surface area contributed by atoms with E-state index in [1.54, 1.807) is 11.8 Å². The lowest BCUT2D eigenvalue weighted by molar-refractivity contribution is -0.119. The van der Waals surface area contributed by atoms with E-state index in [1.807, 2.05) is 31.2 Å². The molecule has 3 nitrogen and oxygen atoms in total. The number of hydrogen-bond acceptors (Lipinski definition) is 3. The molecule has 0 fully saturated rings. The highest BCUT2D eigenvalue weighted by Crippen LogP contribution is 2.29. The average molecular weight is 341 g/mol. The van der Waals surface area contributed by atoms with Gasteiger partial charge >= 0.3 is 0 Å². The predicted octanol–water partition coefficient (Wildman–Crippen LogP) is 4.37. The summed E-state index contributed by atoms with van der Waals surface area (Å²) in [6, 6.07) is 16.5. The van der Waals surface area contributed by atoms with Crippen LogP contribution in [0.4, 0.5) is 0 Å². The molecule has 1 atom stereocenters. The van der Waals surface area contributed by atoms with E-state index in [1.165, 1.54) is 11.1 Å². The number of thioether (sulfide) groups is 1. The van der Waals surface area contributed by atoms with E-state index in [4.69, 9.17) is 4.74 Å². The van der Waals surface area contributed by atoms with Gasteiger partial charge in [-0.25, -0.2) is 0 Å². The normalized spacial score (nSPS) is 16.3. The molecule has 0 unspecified atom stereocenters. The van der Waals surface area contributed by atoms with Crippen molar-refractivity contribution in [3.63, 3.8) is 0 Å². The summed E-state index contributed by atoms with van der Waals surface area (Å²) in [6.07, 6.45) is 3.27. The summed E-state index contributed by atoms with van der Waals surface area (Å²) in [7, 11) is 0. The van der Waals surface area contributed by atoms with Gasteiger partial charge < -0.3 is 10.1 Å². The molecule has 0 bridgehead atoms. The van der Waals surface area contributed by atoms with Crippen LogP contribution in [0.1, 0.15) is 36.9 Å². The number of amides is 1. The van der Waals surface area contributed by atoms with Gasteiger partial charge in [-0.3, -0.25) is 4.79 Å². The fraction of sp³-hybridized carbons (Fsp3) is 0.350. The average Bonchev–Trinajstić information content (AvgIpc) is 2.62. The zero-order chi connectivity index (χ0) is 16.8. The second-order valence-corrected chi connectivity index (χ2v) is 6.95. The molecule has 0 aliphatic heterocycles. The molecular formula is C20H23NO2S. The minimum Gasteiger partial charge on any atom is -0.494 e. The van der Waals surface area contributed by atoms with Gasteiger partial charge in [-0.2, -0.15) is 0 Å². The molecule has 2 aromatic rings. The highest BCUT2D eigenvalue weighted by atomic mass is 32.2. The number of aryl methyl sites for hydroxylation is 1. The van der Waals surface area contributed by atoms with Crippen LogP contribution < -0.4 is 10.1 Å². The Hall–Kier alpha value is -1.94. The molecule has 2 aromatic carbocycles. The Kier molecular flexibility index (Phi) is 5.81. The zero-order valence-corrected chi connectivity index (χ0v) is 14.8. The van der Waals surface area contributed by atoms with Crippen molar-refractivity contribution in [2.24, 2.45) is 0 Å². The largest absolute Gasteiger partial charge is 0.494 e. The van der Waals surface area contributed by atoms with Gasteiger partial charge in [0.05, 0.1) is 18.4 Å². The highest BCUT2D eigenvalue weighted by molar-refractivity contribution is 8.00. The molecule has 1 amide bonds. The maximum atomic E-state index is 12.3. The summed E-state index contributed by atoms with van der Waals surface area (Å²) in [5.74, 6) is 1.40. The van der Waals surface area contributed by atoms with E-state index in [2.05, 4.69) is 29.6 Å². The third kappa shape index (κ3) is 4.32. The number of benzene rings is 2. The monoisotopic (exact) mass is 341 g/mol. The summed E-state index contributed by atoms with van der Waals surface area (Å²) in [5.41, 5.74) is 2.65. The topological polar surface area (TPSA) is 38.3 Å². The van der Waals surface area contributed by atoms with Crippen LogP contribution in [0.25, 0.3) is 0 Å². The molecule has 0 saturated heterocycles. The smallest absolute Gasteiger partial charge is 0.230 e. The van der Waals surface area contributed by atoms with Crippen molar-refractivity contribution in [3.05, 3.63) is 59.7 Å². The number of fused-ring (bicyclic) bond motifs is 1. The third-order valence-electron chi connectivity index (χ3n) is 4.21. The van der Waals surface area contributed by atoms with Crippen LogP contribution in [0.5, 0.6) is 5.75 Å². The van der Waals surface area contributed by atoms with Crippen molar-refractivity contribution in [2.75, 3.05) is 12.4 Å². The van der Waals surface area contributed by atoms with Gasteiger partial charge in [-0.05, 0) is 61.6 Å². The number of hydrogen-bond donors (Lipinski definition) is 1. The lowest BCUT2D eigenvalue weighted by atomic mass is 9.88. The van der Waals surface area contributed by atoms with E-state index in [0.29, 0.717) is 12.4 Å². The molecule has 126 valence electrons. The minimum atomic E-state index is 0.0931. The molecule has 3 rings (SSSR count). The first-order valence-electron chi connectivity index (χ1n) is 8.49. The molecule has 1 aliphatic rings. The first-order chi connectivity index (χ1) is 11.8. The molecule has 0 radical (unpaired) electrons. The Morgan fingerprint density at radius 2 is 2.00 bits per heavy atom. The third-order valence-corrected chi connectivity index (χ3v) is 5.22. The SMILES string of the molecule is CCOc1ccc(SCC(=O)N[C@H]2CCCc3ccccc32)cc1. The van der Waals surface area contributed by atoms with Crippen molar-refractivity contribution in [3.8, 4) is 5.75 Å². The summed E-state index contributed by atoms with van der Waals surface area (Å²) in [5, 5.41) is 3.19. The summed E-state index contributed by atoms with van der Waals surface area (Å²) in [6.45, 7) is 2.63. The maximum absolute atomic E-state index is 12.3. The molecule has 0 heterocycles. The van der Waals surface area contributed by atoms with Crippen LogP contribution in [0.3, 0.4) is 0 Å². The molecule has 4 heteroatoms. The number of rotatable bonds is 6. The molecular weight excluding hydrogens is 318 g/mol. The molecule has 0 spiro atoms. The highest BCUT2D eigenvalue weighted by Gasteiger charge is 2.21. The zero-order valence-electron chi connectivity index (χ0n) is 14.0. The van der Waals surface area contributed by atoms with Gasteiger partial charge in [-0.15, -0.1) is 11.8 Å². The van der Waals surface area contributed by atoms with E-state index in [0.717, 1.165) is 29.9 Å². The lowest BCUT2D eigenvalue weighted by Gasteiger charge is -2.26. The summed E-state index contributed by atoms with van der Waals surface area (Å²) >= 11 is 1.56. The van der Waals surface area contributed by atoms with E-state index < -0.39 is 0 Å². The van der Waals surface area contributed by atoms with E-state index in [9.17, 15) is 4.79 Å². The first-order valence-corrected chi connectivity index (χ1v) is 9.47. The van der Waals surface area contributed by atoms with Crippen LogP contribution in [-0.4, -0.2) is 18.3 Å². The van der Waals surface area contributed by atoms with Gasteiger partial charge in [0.25, 0.3) is 0 Å². The van der Waals surface area contributed by atoms with Crippen LogP contribution in [0.15, 0.2) is 53.4 Å². The van der Waals surface area contributed by atoms with Gasteiger partial charge in [0.15, 0.2) is 0 Å². The molecule has 1 aliphatic carbocycles. The molecule has 24 heavy (non-hydrogen) atoms. The van der Waals surface area contributed by atoms with Crippen LogP contribution in [0, 0.1) is 0 Å². The Balaban J connectivity index is 1.53. The standard InChI is InChI=1S/C20H23NO2S/c1-2-23-16-10-12-17(13-11-16)24-14-20(22)21-19-9-5-7-15-6-3-4-8-18(15)19/h3-4,6,8,10-13,19H,2,5,7,9,14H2,1H3,(H,21,22)/t19-/m0/s1. The number of carbonyl (C=O) groups excluding carboxylic acids is 1.